The van der Waals surface area contributed by atoms with Crippen molar-refractivity contribution in [2.24, 2.45) is 0 Å². The average Bonchev–Trinajstić information content (AvgIpc) is 3.02. The van der Waals surface area contributed by atoms with Crippen LogP contribution < -0.4 is 0 Å². The van der Waals surface area contributed by atoms with Crippen LogP contribution in [-0.2, 0) is 5.41 Å². The van der Waals surface area contributed by atoms with Gasteiger partial charge in [0, 0.05) is 3.57 Å². The van der Waals surface area contributed by atoms with E-state index < -0.39 is 5.41 Å². The van der Waals surface area contributed by atoms with Crippen LogP contribution in [0.2, 0.25) is 0 Å². The number of fused-ring (bicyclic) bond motifs is 3. The van der Waals surface area contributed by atoms with Crippen molar-refractivity contribution < 1.29 is 10.2 Å². The maximum absolute atomic E-state index is 9.90. The molecule has 5 rings (SSSR count). The van der Waals surface area contributed by atoms with Crippen LogP contribution in [0.15, 0.2) is 91.0 Å². The smallest absolute Gasteiger partial charge is 0.115 e. The Hall–Kier alpha value is -2.79. The predicted octanol–water partition coefficient (Wildman–Crippen LogP) is 6.07. The summed E-state index contributed by atoms with van der Waals surface area (Å²) in [5.74, 6) is 0.498. The van der Waals surface area contributed by atoms with Gasteiger partial charge in [-0.1, -0.05) is 60.7 Å². The topological polar surface area (TPSA) is 40.5 Å². The highest BCUT2D eigenvalue weighted by molar-refractivity contribution is 14.1. The summed E-state index contributed by atoms with van der Waals surface area (Å²) >= 11 is 2.42. The summed E-state index contributed by atoms with van der Waals surface area (Å²) < 4.78 is 1.19. The molecule has 0 bridgehead atoms. The van der Waals surface area contributed by atoms with Gasteiger partial charge in [-0.15, -0.1) is 0 Å². The quantitative estimate of drug-likeness (QED) is 0.304. The zero-order valence-corrected chi connectivity index (χ0v) is 17.1. The van der Waals surface area contributed by atoms with Crippen LogP contribution in [0.1, 0.15) is 22.3 Å². The van der Waals surface area contributed by atoms with Gasteiger partial charge in [0.25, 0.3) is 0 Å². The maximum atomic E-state index is 9.90. The molecule has 4 aromatic rings. The fourth-order valence-electron chi connectivity index (χ4n) is 4.50. The summed E-state index contributed by atoms with van der Waals surface area (Å²) in [7, 11) is 0. The second kappa shape index (κ2) is 6.38. The summed E-state index contributed by atoms with van der Waals surface area (Å²) in [5.41, 5.74) is 6.57. The molecule has 0 radical (unpaired) electrons. The molecule has 0 heterocycles. The number of benzene rings is 4. The van der Waals surface area contributed by atoms with Gasteiger partial charge in [-0.05, 0) is 86.3 Å². The van der Waals surface area contributed by atoms with Crippen LogP contribution in [0.5, 0.6) is 11.5 Å². The minimum Gasteiger partial charge on any atom is -0.508 e. The van der Waals surface area contributed by atoms with E-state index in [2.05, 4.69) is 65.1 Å². The highest BCUT2D eigenvalue weighted by Gasteiger charge is 2.47. The molecule has 2 nitrogen and oxygen atoms in total. The third kappa shape index (κ3) is 2.32. The van der Waals surface area contributed by atoms with Crippen molar-refractivity contribution in [2.75, 3.05) is 0 Å². The lowest BCUT2D eigenvalue weighted by Gasteiger charge is -2.34. The summed E-state index contributed by atoms with van der Waals surface area (Å²) in [6.07, 6.45) is 0. The number of halogens is 1. The van der Waals surface area contributed by atoms with Crippen molar-refractivity contribution in [2.45, 2.75) is 5.41 Å². The molecule has 136 valence electrons. The Morgan fingerprint density at radius 3 is 1.71 bits per heavy atom. The van der Waals surface area contributed by atoms with Gasteiger partial charge >= 0.3 is 0 Å². The van der Waals surface area contributed by atoms with Crippen LogP contribution in [0.3, 0.4) is 0 Å². The number of rotatable bonds is 2. The van der Waals surface area contributed by atoms with Crippen LogP contribution in [0, 0.1) is 3.57 Å². The average molecular weight is 476 g/mol. The molecule has 0 amide bonds. The number of phenolic OH excluding ortho intramolecular Hbond substituents is 2. The Balaban J connectivity index is 1.98. The van der Waals surface area contributed by atoms with E-state index >= 15 is 0 Å². The second-order valence-electron chi connectivity index (χ2n) is 7.05. The van der Waals surface area contributed by atoms with Gasteiger partial charge in [-0.2, -0.15) is 0 Å². The highest BCUT2D eigenvalue weighted by Crippen LogP contribution is 2.57. The van der Waals surface area contributed by atoms with Crippen LogP contribution in [-0.4, -0.2) is 10.2 Å². The SMILES string of the molecule is Oc1ccc(C2(c3ccc(O)cc3)c3ccccc3-c3cccc(I)c32)cc1. The van der Waals surface area contributed by atoms with Gasteiger partial charge in [0.1, 0.15) is 11.5 Å². The molecule has 1 aliphatic carbocycles. The Morgan fingerprint density at radius 2 is 1.11 bits per heavy atom. The van der Waals surface area contributed by atoms with E-state index in [0.29, 0.717) is 0 Å². The maximum Gasteiger partial charge on any atom is 0.115 e. The van der Waals surface area contributed by atoms with Crippen molar-refractivity contribution >= 4 is 22.6 Å². The molecule has 2 N–H and O–H groups in total. The standard InChI is InChI=1S/C25H17IO2/c26-23-7-3-5-21-20-4-1-2-6-22(20)25(24(21)23,16-8-12-18(27)13-9-16)17-10-14-19(28)15-11-17/h1-15,27-28H. The Labute approximate surface area is 177 Å². The first-order chi connectivity index (χ1) is 13.6. The molecule has 0 aromatic heterocycles. The molecule has 0 atom stereocenters. The molecule has 1 aliphatic rings. The lowest BCUT2D eigenvalue weighted by atomic mass is 9.67. The highest BCUT2D eigenvalue weighted by atomic mass is 127. The van der Waals surface area contributed by atoms with E-state index in [1.165, 1.54) is 25.8 Å². The molecule has 0 aliphatic heterocycles. The normalized spacial score (nSPS) is 13.8. The third-order valence-electron chi connectivity index (χ3n) is 5.61. The van der Waals surface area contributed by atoms with Gasteiger partial charge < -0.3 is 10.2 Å². The minimum atomic E-state index is -0.509. The zero-order valence-electron chi connectivity index (χ0n) is 14.9. The van der Waals surface area contributed by atoms with E-state index in [-0.39, 0.29) is 11.5 Å². The van der Waals surface area contributed by atoms with Gasteiger partial charge in [0.05, 0.1) is 5.41 Å². The lowest BCUT2D eigenvalue weighted by molar-refractivity contribution is 0.474. The van der Waals surface area contributed by atoms with E-state index in [4.69, 9.17) is 0 Å². The number of hydrogen-bond donors (Lipinski definition) is 2. The molecular formula is C25H17IO2. The van der Waals surface area contributed by atoms with E-state index in [1.54, 1.807) is 24.3 Å². The van der Waals surface area contributed by atoms with E-state index in [9.17, 15) is 10.2 Å². The minimum absolute atomic E-state index is 0.249. The fourth-order valence-corrected chi connectivity index (χ4v) is 5.40. The van der Waals surface area contributed by atoms with E-state index in [1.807, 2.05) is 24.3 Å². The van der Waals surface area contributed by atoms with Gasteiger partial charge in [-0.25, -0.2) is 0 Å². The van der Waals surface area contributed by atoms with Gasteiger partial charge in [-0.3, -0.25) is 0 Å². The monoisotopic (exact) mass is 476 g/mol. The summed E-state index contributed by atoms with van der Waals surface area (Å²) in [5, 5.41) is 19.8. The van der Waals surface area contributed by atoms with Crippen molar-refractivity contribution in [1.29, 1.82) is 0 Å². The summed E-state index contributed by atoms with van der Waals surface area (Å²) in [4.78, 5) is 0. The molecule has 3 heteroatoms. The Morgan fingerprint density at radius 1 is 0.571 bits per heavy atom. The van der Waals surface area contributed by atoms with Crippen molar-refractivity contribution in [3.8, 4) is 22.6 Å². The molecule has 0 unspecified atom stereocenters. The van der Waals surface area contributed by atoms with Gasteiger partial charge in [0.15, 0.2) is 0 Å². The summed E-state index contributed by atoms with van der Waals surface area (Å²) in [6.45, 7) is 0. The first-order valence-corrected chi connectivity index (χ1v) is 10.2. The largest absolute Gasteiger partial charge is 0.508 e. The zero-order chi connectivity index (χ0) is 19.3. The molecule has 28 heavy (non-hydrogen) atoms. The van der Waals surface area contributed by atoms with Crippen LogP contribution in [0.25, 0.3) is 11.1 Å². The first-order valence-electron chi connectivity index (χ1n) is 9.10. The summed E-state index contributed by atoms with van der Waals surface area (Å²) in [6, 6.07) is 29.9. The van der Waals surface area contributed by atoms with Crippen molar-refractivity contribution in [3.05, 3.63) is 117 Å². The fraction of sp³-hybridized carbons (Fsp3) is 0.0400. The first kappa shape index (κ1) is 17.3. The molecule has 0 saturated carbocycles. The third-order valence-corrected chi connectivity index (χ3v) is 6.51. The molecular weight excluding hydrogens is 459 g/mol. The molecule has 0 saturated heterocycles. The van der Waals surface area contributed by atoms with E-state index in [0.717, 1.165) is 11.1 Å². The number of aromatic hydroxyl groups is 2. The van der Waals surface area contributed by atoms with Crippen molar-refractivity contribution in [1.82, 2.24) is 0 Å². The molecule has 0 spiro atoms. The number of phenols is 2. The Bertz CT molecular complexity index is 1130. The number of hydrogen-bond acceptors (Lipinski definition) is 2. The van der Waals surface area contributed by atoms with Crippen LogP contribution in [0.4, 0.5) is 0 Å². The molecule has 4 aromatic carbocycles. The predicted molar refractivity (Wildman–Crippen MR) is 120 cm³/mol. The second-order valence-corrected chi connectivity index (χ2v) is 8.21. The molecule has 0 fully saturated rings. The van der Waals surface area contributed by atoms with Gasteiger partial charge in [0.2, 0.25) is 0 Å². The van der Waals surface area contributed by atoms with Crippen LogP contribution >= 0.6 is 22.6 Å². The van der Waals surface area contributed by atoms with Crippen molar-refractivity contribution in [3.63, 3.8) is 0 Å². The lowest BCUT2D eigenvalue weighted by Crippen LogP contribution is -2.29. The Kier molecular flexibility index (Phi) is 3.95.